The number of alkyl halides is 1. The molecule has 1 fully saturated rings. The number of amidine groups is 1. The van der Waals surface area contributed by atoms with E-state index >= 15 is 0 Å². The molecule has 0 radical (unpaired) electrons. The van der Waals surface area contributed by atoms with Gasteiger partial charge >= 0.3 is 0 Å². The van der Waals surface area contributed by atoms with Crippen molar-refractivity contribution >= 4 is 11.7 Å². The number of rotatable bonds is 3. The third-order valence-electron chi connectivity index (χ3n) is 4.47. The zero-order valence-corrected chi connectivity index (χ0v) is 12.3. The molecule has 1 aromatic rings. The van der Waals surface area contributed by atoms with E-state index < -0.39 is 30.1 Å². The third-order valence-corrected chi connectivity index (χ3v) is 4.47. The molecule has 0 bridgehead atoms. The van der Waals surface area contributed by atoms with Gasteiger partial charge in [0.25, 0.3) is 6.02 Å². The van der Waals surface area contributed by atoms with E-state index in [1.807, 2.05) is 6.92 Å². The number of nitrogen functional groups attached to an aromatic ring is 1. The Labute approximate surface area is 127 Å². The van der Waals surface area contributed by atoms with Crippen molar-refractivity contribution < 1.29 is 18.3 Å². The molecular weight excluding hydrogens is 292 g/mol. The van der Waals surface area contributed by atoms with Crippen LogP contribution in [0.25, 0.3) is 0 Å². The van der Waals surface area contributed by atoms with Gasteiger partial charge in [-0.25, -0.2) is 13.8 Å². The number of nitrogens with zero attached hydrogens (tertiary/aromatic N) is 1. The highest BCUT2D eigenvalue weighted by Crippen LogP contribution is 2.47. The van der Waals surface area contributed by atoms with Crippen LogP contribution in [0.1, 0.15) is 18.9 Å². The normalized spacial score (nSPS) is 34.0. The van der Waals surface area contributed by atoms with Crippen LogP contribution in [0, 0.1) is 11.7 Å². The number of nitrogens with two attached hydrogens (primary N) is 2. The zero-order valence-electron chi connectivity index (χ0n) is 12.3. The molecule has 2 aliphatic heterocycles. The van der Waals surface area contributed by atoms with Crippen LogP contribution in [-0.2, 0) is 15.0 Å². The summed E-state index contributed by atoms with van der Waals surface area (Å²) in [4.78, 5) is 4.17. The smallest absolute Gasteiger partial charge is 0.283 e. The molecule has 3 rings (SSSR count). The lowest BCUT2D eigenvalue weighted by molar-refractivity contribution is 0.0339. The zero-order chi connectivity index (χ0) is 15.9. The number of hydrogen-bond donors (Lipinski definition) is 2. The maximum Gasteiger partial charge on any atom is 0.283 e. The molecular formula is C15H19F2N3O2. The molecule has 22 heavy (non-hydrogen) atoms. The molecule has 0 aromatic heterocycles. The van der Waals surface area contributed by atoms with Crippen LogP contribution in [0.15, 0.2) is 23.2 Å². The number of anilines is 1. The lowest BCUT2D eigenvalue weighted by Gasteiger charge is -2.41. The van der Waals surface area contributed by atoms with Crippen molar-refractivity contribution in [1.29, 1.82) is 0 Å². The quantitative estimate of drug-likeness (QED) is 0.833. The number of halogens is 2. The number of ether oxygens (including phenoxy) is 2. The number of hydrogen-bond acceptors (Lipinski definition) is 5. The Morgan fingerprint density at radius 3 is 2.86 bits per heavy atom. The SMILES string of the molecule is CC[C@@H]1OC[C@H]2OC(N)=N[C@](CF)(c3cc(N)ccc3F)[C@@H]12. The van der Waals surface area contributed by atoms with Crippen LogP contribution in [0.4, 0.5) is 14.5 Å². The van der Waals surface area contributed by atoms with Gasteiger partial charge in [0.05, 0.1) is 18.6 Å². The Kier molecular flexibility index (Phi) is 3.68. The molecule has 7 heteroatoms. The van der Waals surface area contributed by atoms with E-state index in [-0.39, 0.29) is 24.3 Å². The lowest BCUT2D eigenvalue weighted by atomic mass is 9.73. The van der Waals surface area contributed by atoms with Crippen molar-refractivity contribution in [2.45, 2.75) is 31.1 Å². The first-order valence-corrected chi connectivity index (χ1v) is 7.27. The summed E-state index contributed by atoms with van der Waals surface area (Å²) in [5, 5.41) is 0. The van der Waals surface area contributed by atoms with Gasteiger partial charge in [0.1, 0.15) is 24.1 Å². The first kappa shape index (κ1) is 15.0. The predicted octanol–water partition coefficient (Wildman–Crippen LogP) is 1.71. The van der Waals surface area contributed by atoms with Crippen LogP contribution in [0.5, 0.6) is 0 Å². The highest BCUT2D eigenvalue weighted by atomic mass is 19.1. The van der Waals surface area contributed by atoms with Crippen LogP contribution < -0.4 is 11.5 Å². The third kappa shape index (κ3) is 2.11. The molecule has 2 aliphatic rings. The summed E-state index contributed by atoms with van der Waals surface area (Å²) in [5.41, 5.74) is 10.4. The summed E-state index contributed by atoms with van der Waals surface area (Å²) in [6, 6.07) is 3.91. The van der Waals surface area contributed by atoms with Gasteiger partial charge in [-0.1, -0.05) is 6.92 Å². The minimum Gasteiger partial charge on any atom is -0.459 e. The summed E-state index contributed by atoms with van der Waals surface area (Å²) < 4.78 is 39.7. The molecule has 0 aliphatic carbocycles. The van der Waals surface area contributed by atoms with Crippen LogP contribution in [0.2, 0.25) is 0 Å². The molecule has 0 amide bonds. The van der Waals surface area contributed by atoms with E-state index in [0.29, 0.717) is 12.1 Å². The second-order valence-electron chi connectivity index (χ2n) is 5.71. The molecule has 0 spiro atoms. The van der Waals surface area contributed by atoms with E-state index in [1.165, 1.54) is 18.2 Å². The van der Waals surface area contributed by atoms with Crippen molar-refractivity contribution in [3.05, 3.63) is 29.6 Å². The van der Waals surface area contributed by atoms with Gasteiger partial charge < -0.3 is 20.9 Å². The van der Waals surface area contributed by atoms with Crippen LogP contribution in [0.3, 0.4) is 0 Å². The fourth-order valence-electron chi connectivity index (χ4n) is 3.52. The Bertz CT molecular complexity index is 610. The number of fused-ring (bicyclic) bond motifs is 1. The minimum absolute atomic E-state index is 0.0974. The number of benzene rings is 1. The first-order valence-electron chi connectivity index (χ1n) is 7.27. The summed E-state index contributed by atoms with van der Waals surface area (Å²) in [5.74, 6) is -1.02. The first-order chi connectivity index (χ1) is 10.5. The van der Waals surface area contributed by atoms with Crippen molar-refractivity contribution in [3.8, 4) is 0 Å². The van der Waals surface area contributed by atoms with Gasteiger partial charge in [0.15, 0.2) is 0 Å². The van der Waals surface area contributed by atoms with E-state index in [2.05, 4.69) is 4.99 Å². The van der Waals surface area contributed by atoms with Gasteiger partial charge in [0.2, 0.25) is 0 Å². The standard InChI is InChI=1S/C15H19F2N3O2/c1-2-11-13-12(6-21-11)22-14(19)20-15(13,7-16)9-5-8(18)3-4-10(9)17/h3-5,11-13H,2,6-7,18H2,1H3,(H2,19,20)/t11-,12+,13-,15+/m0/s1. The topological polar surface area (TPSA) is 82.9 Å². The molecule has 0 unspecified atom stereocenters. The summed E-state index contributed by atoms with van der Waals surface area (Å²) in [7, 11) is 0. The molecule has 5 nitrogen and oxygen atoms in total. The molecule has 1 aromatic carbocycles. The van der Waals surface area contributed by atoms with E-state index in [1.54, 1.807) is 0 Å². The highest BCUT2D eigenvalue weighted by Gasteiger charge is 2.56. The van der Waals surface area contributed by atoms with Gasteiger partial charge in [-0.15, -0.1) is 0 Å². The Morgan fingerprint density at radius 1 is 1.41 bits per heavy atom. The van der Waals surface area contributed by atoms with Crippen molar-refractivity contribution in [2.75, 3.05) is 19.0 Å². The Morgan fingerprint density at radius 2 is 2.18 bits per heavy atom. The van der Waals surface area contributed by atoms with Gasteiger partial charge in [-0.3, -0.25) is 0 Å². The fraction of sp³-hybridized carbons (Fsp3) is 0.533. The van der Waals surface area contributed by atoms with Crippen LogP contribution >= 0.6 is 0 Å². The molecule has 0 saturated carbocycles. The summed E-state index contributed by atoms with van der Waals surface area (Å²) >= 11 is 0. The Balaban J connectivity index is 2.20. The summed E-state index contributed by atoms with van der Waals surface area (Å²) in [6.45, 7) is 1.30. The van der Waals surface area contributed by atoms with Crippen molar-refractivity contribution in [1.82, 2.24) is 0 Å². The lowest BCUT2D eigenvalue weighted by Crippen LogP contribution is -2.52. The average molecular weight is 311 g/mol. The van der Waals surface area contributed by atoms with E-state index in [4.69, 9.17) is 20.9 Å². The maximum absolute atomic E-state index is 14.4. The van der Waals surface area contributed by atoms with Gasteiger partial charge in [0, 0.05) is 11.3 Å². The van der Waals surface area contributed by atoms with Crippen molar-refractivity contribution in [3.63, 3.8) is 0 Å². The monoisotopic (exact) mass is 311 g/mol. The van der Waals surface area contributed by atoms with E-state index in [9.17, 15) is 8.78 Å². The molecule has 1 saturated heterocycles. The maximum atomic E-state index is 14.4. The van der Waals surface area contributed by atoms with Gasteiger partial charge in [-0.2, -0.15) is 0 Å². The molecule has 4 N–H and O–H groups in total. The van der Waals surface area contributed by atoms with Crippen LogP contribution in [-0.4, -0.2) is 31.5 Å². The fourth-order valence-corrected chi connectivity index (χ4v) is 3.52. The largest absolute Gasteiger partial charge is 0.459 e. The number of aliphatic imine (C=N–C) groups is 1. The van der Waals surface area contributed by atoms with Crippen molar-refractivity contribution in [2.24, 2.45) is 16.6 Å². The van der Waals surface area contributed by atoms with E-state index in [0.717, 1.165) is 0 Å². The molecule has 4 atom stereocenters. The minimum atomic E-state index is -1.47. The highest BCUT2D eigenvalue weighted by molar-refractivity contribution is 5.73. The van der Waals surface area contributed by atoms with Gasteiger partial charge in [-0.05, 0) is 24.6 Å². The second-order valence-corrected chi connectivity index (χ2v) is 5.71. The average Bonchev–Trinajstić information content (AvgIpc) is 2.92. The Hall–Kier alpha value is -1.89. The molecule has 2 heterocycles. The second kappa shape index (κ2) is 5.39. The molecule has 120 valence electrons. The predicted molar refractivity (Wildman–Crippen MR) is 78.5 cm³/mol. The summed E-state index contributed by atoms with van der Waals surface area (Å²) in [6.07, 6.45) is -0.0801.